The average Bonchev–Trinajstić information content (AvgIpc) is 2.83. The number of aromatic nitrogens is 2. The van der Waals surface area contributed by atoms with Crippen molar-refractivity contribution in [3.8, 4) is 5.75 Å². The predicted molar refractivity (Wildman–Crippen MR) is 78.8 cm³/mol. The zero-order valence-corrected chi connectivity index (χ0v) is 12.0. The van der Waals surface area contributed by atoms with E-state index in [0.29, 0.717) is 12.0 Å². The van der Waals surface area contributed by atoms with Crippen LogP contribution in [0.4, 0.5) is 0 Å². The normalized spacial score (nSPS) is 21.5. The summed E-state index contributed by atoms with van der Waals surface area (Å²) in [6, 6.07) is 11.0. The van der Waals surface area contributed by atoms with Gasteiger partial charge in [0.25, 0.3) is 0 Å². The maximum absolute atomic E-state index is 5.44. The molecule has 1 aliphatic carbocycles. The van der Waals surface area contributed by atoms with E-state index in [2.05, 4.69) is 28.6 Å². The second kappa shape index (κ2) is 5.67. The van der Waals surface area contributed by atoms with Gasteiger partial charge in [-0.15, -0.1) is 0 Å². The number of hydrogen-bond acceptors (Lipinski definition) is 3. The molecular weight excluding hydrogens is 250 g/mol. The Balaban J connectivity index is 1.53. The van der Waals surface area contributed by atoms with Crippen molar-refractivity contribution in [1.29, 1.82) is 0 Å². The highest BCUT2D eigenvalue weighted by Crippen LogP contribution is 2.40. The summed E-state index contributed by atoms with van der Waals surface area (Å²) in [5.74, 6) is 1.64. The van der Waals surface area contributed by atoms with Gasteiger partial charge in [-0.05, 0) is 36.5 Å². The van der Waals surface area contributed by atoms with Gasteiger partial charge < -0.3 is 10.1 Å². The molecule has 2 aromatic rings. The molecule has 1 aliphatic rings. The molecular formula is C16H21N3O. The topological polar surface area (TPSA) is 39.1 Å². The van der Waals surface area contributed by atoms with Crippen molar-refractivity contribution in [2.45, 2.75) is 31.3 Å². The first kappa shape index (κ1) is 13.2. The summed E-state index contributed by atoms with van der Waals surface area (Å²) >= 11 is 0. The molecule has 0 aliphatic heterocycles. The van der Waals surface area contributed by atoms with Crippen LogP contribution in [0, 0.1) is 0 Å². The molecule has 1 fully saturated rings. The Labute approximate surface area is 119 Å². The molecule has 3 rings (SSSR count). The highest BCUT2D eigenvalue weighted by Gasteiger charge is 2.31. The fourth-order valence-corrected chi connectivity index (χ4v) is 2.87. The Bertz CT molecular complexity index is 573. The fourth-order valence-electron chi connectivity index (χ4n) is 2.87. The van der Waals surface area contributed by atoms with E-state index in [-0.39, 0.29) is 0 Å². The van der Waals surface area contributed by atoms with Crippen molar-refractivity contribution in [2.24, 2.45) is 7.05 Å². The molecule has 1 N–H and O–H groups in total. The first-order valence-electron chi connectivity index (χ1n) is 7.11. The Morgan fingerprint density at radius 2 is 2.10 bits per heavy atom. The fraction of sp³-hybridized carbons (Fsp3) is 0.438. The third kappa shape index (κ3) is 2.56. The zero-order valence-electron chi connectivity index (χ0n) is 12.0. The van der Waals surface area contributed by atoms with E-state index in [4.69, 9.17) is 4.74 Å². The van der Waals surface area contributed by atoms with Crippen LogP contribution in [0.1, 0.15) is 30.0 Å². The van der Waals surface area contributed by atoms with Crippen LogP contribution in [-0.4, -0.2) is 22.9 Å². The Hall–Kier alpha value is -1.81. The van der Waals surface area contributed by atoms with E-state index in [9.17, 15) is 0 Å². The quantitative estimate of drug-likeness (QED) is 0.908. The van der Waals surface area contributed by atoms with E-state index in [1.165, 1.54) is 24.1 Å². The minimum Gasteiger partial charge on any atom is -0.496 e. The Morgan fingerprint density at radius 1 is 1.30 bits per heavy atom. The van der Waals surface area contributed by atoms with Crippen molar-refractivity contribution in [3.63, 3.8) is 0 Å². The number of benzene rings is 1. The Kier molecular flexibility index (Phi) is 3.74. The molecule has 1 heterocycles. The van der Waals surface area contributed by atoms with Crippen LogP contribution in [0.5, 0.6) is 5.75 Å². The number of nitrogens with one attached hydrogen (secondary N) is 1. The lowest BCUT2D eigenvalue weighted by atomic mass is 9.75. The van der Waals surface area contributed by atoms with Gasteiger partial charge in [-0.3, -0.25) is 4.68 Å². The number of rotatable bonds is 5. The van der Waals surface area contributed by atoms with Gasteiger partial charge in [0, 0.05) is 25.8 Å². The van der Waals surface area contributed by atoms with Crippen molar-refractivity contribution in [3.05, 3.63) is 47.8 Å². The summed E-state index contributed by atoms with van der Waals surface area (Å²) in [7, 11) is 3.73. The summed E-state index contributed by atoms with van der Waals surface area (Å²) in [5.41, 5.74) is 2.57. The molecule has 1 aromatic heterocycles. The van der Waals surface area contributed by atoms with E-state index in [1.807, 2.05) is 30.1 Å². The lowest BCUT2D eigenvalue weighted by Crippen LogP contribution is -2.40. The first-order chi connectivity index (χ1) is 9.78. The number of para-hydroxylation sites is 1. The van der Waals surface area contributed by atoms with Crippen molar-refractivity contribution < 1.29 is 4.74 Å². The second-order valence-corrected chi connectivity index (χ2v) is 5.43. The summed E-state index contributed by atoms with van der Waals surface area (Å²) in [4.78, 5) is 0. The lowest BCUT2D eigenvalue weighted by Gasteiger charge is -2.37. The SMILES string of the molecule is COc1ccccc1C1CC(NCc2ccnn2C)C1. The molecule has 0 atom stereocenters. The predicted octanol–water partition coefficient (Wildman–Crippen LogP) is 2.46. The largest absolute Gasteiger partial charge is 0.496 e. The van der Waals surface area contributed by atoms with Gasteiger partial charge in [0.15, 0.2) is 0 Å². The van der Waals surface area contributed by atoms with Crippen LogP contribution in [0.3, 0.4) is 0 Å². The molecule has 106 valence electrons. The number of hydrogen-bond donors (Lipinski definition) is 1. The van der Waals surface area contributed by atoms with E-state index in [1.54, 1.807) is 7.11 Å². The van der Waals surface area contributed by atoms with Crippen LogP contribution >= 0.6 is 0 Å². The van der Waals surface area contributed by atoms with Crippen LogP contribution in [0.25, 0.3) is 0 Å². The molecule has 0 unspecified atom stereocenters. The van der Waals surface area contributed by atoms with Crippen LogP contribution in [-0.2, 0) is 13.6 Å². The lowest BCUT2D eigenvalue weighted by molar-refractivity contribution is 0.280. The zero-order chi connectivity index (χ0) is 13.9. The minimum absolute atomic E-state index is 0.597. The highest BCUT2D eigenvalue weighted by atomic mass is 16.5. The maximum atomic E-state index is 5.44. The van der Waals surface area contributed by atoms with Crippen molar-refractivity contribution >= 4 is 0 Å². The highest BCUT2D eigenvalue weighted by molar-refractivity contribution is 5.37. The van der Waals surface area contributed by atoms with Gasteiger partial charge in [-0.2, -0.15) is 5.10 Å². The molecule has 4 heteroatoms. The molecule has 0 bridgehead atoms. The third-order valence-corrected chi connectivity index (χ3v) is 4.21. The molecule has 0 amide bonds. The smallest absolute Gasteiger partial charge is 0.122 e. The summed E-state index contributed by atoms with van der Waals surface area (Å²) in [6.45, 7) is 0.889. The standard InChI is InChI=1S/C16H21N3O/c1-19-14(7-8-18-19)11-17-13-9-12(10-13)15-5-3-4-6-16(15)20-2/h3-8,12-13,17H,9-11H2,1-2H3. The van der Waals surface area contributed by atoms with E-state index >= 15 is 0 Å². The molecule has 20 heavy (non-hydrogen) atoms. The van der Waals surface area contributed by atoms with Crippen LogP contribution < -0.4 is 10.1 Å². The van der Waals surface area contributed by atoms with Gasteiger partial charge in [0.05, 0.1) is 12.8 Å². The van der Waals surface area contributed by atoms with Crippen molar-refractivity contribution in [1.82, 2.24) is 15.1 Å². The van der Waals surface area contributed by atoms with E-state index in [0.717, 1.165) is 12.3 Å². The van der Waals surface area contributed by atoms with Gasteiger partial charge in [-0.1, -0.05) is 18.2 Å². The number of ether oxygens (including phenoxy) is 1. The summed E-state index contributed by atoms with van der Waals surface area (Å²) < 4.78 is 7.36. The summed E-state index contributed by atoms with van der Waals surface area (Å²) in [5, 5.41) is 7.78. The molecule has 0 radical (unpaired) electrons. The number of nitrogens with zero attached hydrogens (tertiary/aromatic N) is 2. The maximum Gasteiger partial charge on any atom is 0.122 e. The average molecular weight is 271 g/mol. The minimum atomic E-state index is 0.597. The second-order valence-electron chi connectivity index (χ2n) is 5.43. The van der Waals surface area contributed by atoms with Gasteiger partial charge in [0.2, 0.25) is 0 Å². The van der Waals surface area contributed by atoms with Gasteiger partial charge >= 0.3 is 0 Å². The molecule has 0 saturated heterocycles. The Morgan fingerprint density at radius 3 is 2.80 bits per heavy atom. The molecule has 1 saturated carbocycles. The third-order valence-electron chi connectivity index (χ3n) is 4.21. The van der Waals surface area contributed by atoms with E-state index < -0.39 is 0 Å². The van der Waals surface area contributed by atoms with Crippen molar-refractivity contribution in [2.75, 3.05) is 7.11 Å². The summed E-state index contributed by atoms with van der Waals surface area (Å²) in [6.07, 6.45) is 4.20. The molecule has 4 nitrogen and oxygen atoms in total. The van der Waals surface area contributed by atoms with Crippen LogP contribution in [0.2, 0.25) is 0 Å². The monoisotopic (exact) mass is 271 g/mol. The van der Waals surface area contributed by atoms with Gasteiger partial charge in [-0.25, -0.2) is 0 Å². The number of methoxy groups -OCH3 is 1. The first-order valence-corrected chi connectivity index (χ1v) is 7.11. The number of aryl methyl sites for hydroxylation is 1. The molecule has 1 aromatic carbocycles. The van der Waals surface area contributed by atoms with Gasteiger partial charge in [0.1, 0.15) is 5.75 Å². The van der Waals surface area contributed by atoms with Crippen LogP contribution in [0.15, 0.2) is 36.5 Å². The molecule has 0 spiro atoms.